The summed E-state index contributed by atoms with van der Waals surface area (Å²) in [5, 5.41) is 11.4. The van der Waals surface area contributed by atoms with E-state index in [1.807, 2.05) is 0 Å². The van der Waals surface area contributed by atoms with Crippen LogP contribution in [0.4, 0.5) is 10.5 Å². The maximum absolute atomic E-state index is 10.6. The number of alkyl halides is 1. The van der Waals surface area contributed by atoms with Crippen LogP contribution in [0.3, 0.4) is 0 Å². The van der Waals surface area contributed by atoms with Crippen LogP contribution in [0, 0.1) is 11.8 Å². The highest BCUT2D eigenvalue weighted by atomic mass is 35.5. The minimum absolute atomic E-state index is 0.242. The molecule has 0 unspecified atom stereocenters. The molecule has 5 heteroatoms. The molecule has 1 aromatic carbocycles. The molecule has 1 amide bonds. The second-order valence-corrected chi connectivity index (χ2v) is 3.53. The standard InChI is InChI=1S/C11H9Cl2NO2/c12-7-2-1-4-8-9(13)5-3-6-10(8)14-11(15)16/h3,5-6,14H,4,7H2,(H,15,16). The van der Waals surface area contributed by atoms with Crippen LogP contribution < -0.4 is 5.32 Å². The van der Waals surface area contributed by atoms with Gasteiger partial charge in [-0.2, -0.15) is 0 Å². The third kappa shape index (κ3) is 3.65. The summed E-state index contributed by atoms with van der Waals surface area (Å²) in [6.45, 7) is 0. The number of hydrogen-bond donors (Lipinski definition) is 2. The van der Waals surface area contributed by atoms with E-state index in [1.54, 1.807) is 18.2 Å². The van der Waals surface area contributed by atoms with Gasteiger partial charge in [0.1, 0.15) is 0 Å². The van der Waals surface area contributed by atoms with Crippen molar-refractivity contribution in [1.29, 1.82) is 0 Å². The third-order valence-electron chi connectivity index (χ3n) is 1.82. The van der Waals surface area contributed by atoms with Crippen LogP contribution in [0.15, 0.2) is 18.2 Å². The number of rotatable bonds is 2. The van der Waals surface area contributed by atoms with Crippen molar-refractivity contribution >= 4 is 35.0 Å². The minimum atomic E-state index is -1.13. The van der Waals surface area contributed by atoms with Gasteiger partial charge in [-0.25, -0.2) is 4.79 Å². The number of benzene rings is 1. The number of anilines is 1. The summed E-state index contributed by atoms with van der Waals surface area (Å²) >= 11 is 11.4. The van der Waals surface area contributed by atoms with Crippen LogP contribution >= 0.6 is 23.2 Å². The molecule has 0 radical (unpaired) electrons. The van der Waals surface area contributed by atoms with E-state index < -0.39 is 6.09 Å². The molecule has 0 atom stereocenters. The third-order valence-corrected chi connectivity index (χ3v) is 2.31. The fraction of sp³-hybridized carbons (Fsp3) is 0.182. The summed E-state index contributed by atoms with van der Waals surface area (Å²) in [6, 6.07) is 5.00. The van der Waals surface area contributed by atoms with Crippen LogP contribution in [0.25, 0.3) is 0 Å². The average molecular weight is 258 g/mol. The second-order valence-electron chi connectivity index (χ2n) is 2.86. The Hall–Kier alpha value is -1.37. The first-order valence-electron chi connectivity index (χ1n) is 4.44. The molecule has 3 nitrogen and oxygen atoms in total. The predicted octanol–water partition coefficient (Wildman–Crippen LogP) is 3.21. The van der Waals surface area contributed by atoms with Crippen molar-refractivity contribution in [3.05, 3.63) is 28.8 Å². The summed E-state index contributed by atoms with van der Waals surface area (Å²) in [5.41, 5.74) is 1.10. The lowest BCUT2D eigenvalue weighted by atomic mass is 10.1. The zero-order valence-corrected chi connectivity index (χ0v) is 9.77. The van der Waals surface area contributed by atoms with Crippen molar-refractivity contribution < 1.29 is 9.90 Å². The zero-order chi connectivity index (χ0) is 12.0. The Bertz CT molecular complexity index is 449. The highest BCUT2D eigenvalue weighted by molar-refractivity contribution is 6.31. The molecule has 0 heterocycles. The number of carboxylic acid groups (broad SMARTS) is 1. The van der Waals surface area contributed by atoms with Crippen LogP contribution in [0.5, 0.6) is 0 Å². The van der Waals surface area contributed by atoms with E-state index in [0.717, 1.165) is 0 Å². The van der Waals surface area contributed by atoms with E-state index in [9.17, 15) is 4.79 Å². The van der Waals surface area contributed by atoms with E-state index in [1.165, 1.54) is 0 Å². The molecule has 0 aliphatic carbocycles. The largest absolute Gasteiger partial charge is 0.465 e. The number of nitrogens with one attached hydrogen (secondary N) is 1. The van der Waals surface area contributed by atoms with Crippen molar-refractivity contribution in [2.45, 2.75) is 6.42 Å². The van der Waals surface area contributed by atoms with E-state index in [0.29, 0.717) is 22.7 Å². The number of halogens is 2. The summed E-state index contributed by atoms with van der Waals surface area (Å²) in [5.74, 6) is 5.73. The Morgan fingerprint density at radius 1 is 1.44 bits per heavy atom. The Morgan fingerprint density at radius 3 is 2.81 bits per heavy atom. The Balaban J connectivity index is 2.98. The van der Waals surface area contributed by atoms with E-state index in [4.69, 9.17) is 28.3 Å². The number of carbonyl (C=O) groups is 1. The lowest BCUT2D eigenvalue weighted by Gasteiger charge is -2.08. The molecule has 0 saturated carbocycles. The number of hydrogen-bond acceptors (Lipinski definition) is 1. The fourth-order valence-corrected chi connectivity index (χ4v) is 1.50. The van der Waals surface area contributed by atoms with Gasteiger partial charge in [-0.15, -0.1) is 11.6 Å². The smallest absolute Gasteiger partial charge is 0.409 e. The van der Waals surface area contributed by atoms with Gasteiger partial charge in [0.05, 0.1) is 5.88 Å². The maximum atomic E-state index is 10.6. The van der Waals surface area contributed by atoms with E-state index >= 15 is 0 Å². The molecule has 1 aromatic rings. The summed E-state index contributed by atoms with van der Waals surface area (Å²) in [4.78, 5) is 10.6. The highest BCUT2D eigenvalue weighted by Gasteiger charge is 2.07. The fourth-order valence-electron chi connectivity index (χ4n) is 1.17. The topological polar surface area (TPSA) is 49.3 Å². The summed E-state index contributed by atoms with van der Waals surface area (Å²) in [6.07, 6.45) is -0.768. The van der Waals surface area contributed by atoms with Crippen LogP contribution in [-0.4, -0.2) is 17.1 Å². The van der Waals surface area contributed by atoms with Crippen molar-refractivity contribution in [1.82, 2.24) is 0 Å². The van der Waals surface area contributed by atoms with E-state index in [-0.39, 0.29) is 5.88 Å². The van der Waals surface area contributed by atoms with Gasteiger partial charge in [0.25, 0.3) is 0 Å². The Morgan fingerprint density at radius 2 is 2.19 bits per heavy atom. The lowest BCUT2D eigenvalue weighted by molar-refractivity contribution is 0.209. The van der Waals surface area contributed by atoms with E-state index in [2.05, 4.69) is 17.2 Å². The van der Waals surface area contributed by atoms with Gasteiger partial charge >= 0.3 is 6.09 Å². The van der Waals surface area contributed by atoms with Crippen molar-refractivity contribution in [2.24, 2.45) is 0 Å². The molecule has 0 aliphatic heterocycles. The zero-order valence-electron chi connectivity index (χ0n) is 8.26. The quantitative estimate of drug-likeness (QED) is 0.632. The highest BCUT2D eigenvalue weighted by Crippen LogP contribution is 2.24. The first-order chi connectivity index (χ1) is 7.65. The second kappa shape index (κ2) is 6.26. The molecule has 84 valence electrons. The van der Waals surface area contributed by atoms with Gasteiger partial charge in [0.2, 0.25) is 0 Å². The molecule has 0 aromatic heterocycles. The van der Waals surface area contributed by atoms with Crippen LogP contribution in [-0.2, 0) is 6.42 Å². The van der Waals surface area contributed by atoms with Crippen molar-refractivity contribution in [2.75, 3.05) is 11.2 Å². The average Bonchev–Trinajstić information content (AvgIpc) is 2.21. The molecular formula is C11H9Cl2NO2. The Labute approximate surface area is 103 Å². The Kier molecular flexibility index (Phi) is 4.97. The first kappa shape index (κ1) is 12.7. The van der Waals surface area contributed by atoms with Gasteiger partial charge in [0, 0.05) is 22.7 Å². The van der Waals surface area contributed by atoms with Crippen LogP contribution in [0.1, 0.15) is 5.56 Å². The van der Waals surface area contributed by atoms with Crippen molar-refractivity contribution in [3.63, 3.8) is 0 Å². The summed E-state index contributed by atoms with van der Waals surface area (Å²) < 4.78 is 0. The molecule has 16 heavy (non-hydrogen) atoms. The maximum Gasteiger partial charge on any atom is 0.409 e. The molecule has 0 spiro atoms. The van der Waals surface area contributed by atoms with Gasteiger partial charge in [-0.3, -0.25) is 5.32 Å². The van der Waals surface area contributed by atoms with Crippen molar-refractivity contribution in [3.8, 4) is 11.8 Å². The van der Waals surface area contributed by atoms with Gasteiger partial charge in [-0.05, 0) is 12.1 Å². The molecular weight excluding hydrogens is 249 g/mol. The molecule has 2 N–H and O–H groups in total. The first-order valence-corrected chi connectivity index (χ1v) is 5.35. The molecule has 0 saturated heterocycles. The predicted molar refractivity (Wildman–Crippen MR) is 65.3 cm³/mol. The molecule has 0 bridgehead atoms. The monoisotopic (exact) mass is 257 g/mol. The van der Waals surface area contributed by atoms with Crippen LogP contribution in [0.2, 0.25) is 5.02 Å². The number of amides is 1. The molecule has 1 rings (SSSR count). The molecule has 0 fully saturated rings. The lowest BCUT2D eigenvalue weighted by Crippen LogP contribution is -2.09. The molecule has 0 aliphatic rings. The van der Waals surface area contributed by atoms with Gasteiger partial charge in [-0.1, -0.05) is 29.5 Å². The normalized spacial score (nSPS) is 9.12. The summed E-state index contributed by atoms with van der Waals surface area (Å²) in [7, 11) is 0. The van der Waals surface area contributed by atoms with Gasteiger partial charge in [0.15, 0.2) is 0 Å². The minimum Gasteiger partial charge on any atom is -0.465 e. The SMILES string of the molecule is O=C(O)Nc1cccc(Cl)c1CC#CCCl. The van der Waals surface area contributed by atoms with Gasteiger partial charge < -0.3 is 5.11 Å².